The molecule has 2 aromatic carbocycles. The van der Waals surface area contributed by atoms with Crippen LogP contribution in [0.4, 0.5) is 26.3 Å². The molecule has 1 heterocycles. The lowest BCUT2D eigenvalue weighted by Gasteiger charge is -2.33. The first kappa shape index (κ1) is 27.4. The van der Waals surface area contributed by atoms with Crippen LogP contribution >= 0.6 is 0 Å². The van der Waals surface area contributed by atoms with Crippen molar-refractivity contribution in [3.8, 4) is 0 Å². The third-order valence-electron chi connectivity index (χ3n) is 7.39. The number of carbonyl (C=O) groups excluding carboxylic acids is 1. The summed E-state index contributed by atoms with van der Waals surface area (Å²) in [6, 6.07) is 8.71. The fraction of sp³-hybridized carbons (Fsp3) is 0.519. The van der Waals surface area contributed by atoms with Crippen LogP contribution in [0.15, 0.2) is 42.5 Å². The molecule has 0 bridgehead atoms. The average Bonchev–Trinajstić information content (AvgIpc) is 3.23. The van der Waals surface area contributed by atoms with Crippen molar-refractivity contribution in [2.45, 2.75) is 69.6 Å². The molecule has 1 fully saturated rings. The molecule has 0 saturated heterocycles. The van der Waals surface area contributed by atoms with Crippen LogP contribution in [-0.2, 0) is 30.2 Å². The number of nitrogens with one attached hydrogen (secondary N) is 1. The van der Waals surface area contributed by atoms with Gasteiger partial charge in [0.25, 0.3) is 0 Å². The molecule has 1 atom stereocenters. The molecule has 2 aliphatic rings. The predicted octanol–water partition coefficient (Wildman–Crippen LogP) is 6.16. The number of carbonyl (C=O) groups is 1. The summed E-state index contributed by atoms with van der Waals surface area (Å²) in [6.07, 6.45) is -3.90. The molecule has 1 saturated carbocycles. The Morgan fingerprint density at radius 3 is 2.22 bits per heavy atom. The maximum Gasteiger partial charge on any atom is 0.416 e. The van der Waals surface area contributed by atoms with E-state index in [4.69, 9.17) is 0 Å². The molecular weight excluding hydrogens is 496 g/mol. The Morgan fingerprint density at radius 2 is 1.59 bits per heavy atom. The molecule has 1 aliphatic heterocycles. The number of alkyl halides is 6. The normalized spacial score (nSPS) is 19.3. The molecule has 202 valence electrons. The Kier molecular flexibility index (Phi) is 8.18. The zero-order chi connectivity index (χ0) is 26.8. The highest BCUT2D eigenvalue weighted by Crippen LogP contribution is 2.37. The van der Waals surface area contributed by atoms with Crippen molar-refractivity contribution in [2.75, 3.05) is 20.1 Å². The minimum absolute atomic E-state index is 0.0864. The second kappa shape index (κ2) is 11.0. The van der Waals surface area contributed by atoms with Gasteiger partial charge in [-0.25, -0.2) is 0 Å². The van der Waals surface area contributed by atoms with E-state index < -0.39 is 42.0 Å². The van der Waals surface area contributed by atoms with Crippen LogP contribution in [0.1, 0.15) is 66.0 Å². The van der Waals surface area contributed by atoms with Gasteiger partial charge in [-0.1, -0.05) is 43.5 Å². The number of amides is 1. The molecular formula is C27H31F6N3O. The summed E-state index contributed by atoms with van der Waals surface area (Å²) >= 11 is 0. The van der Waals surface area contributed by atoms with Gasteiger partial charge < -0.3 is 10.2 Å². The van der Waals surface area contributed by atoms with E-state index in [2.05, 4.69) is 17.3 Å². The second-order valence-electron chi connectivity index (χ2n) is 9.98. The van der Waals surface area contributed by atoms with Gasteiger partial charge >= 0.3 is 12.4 Å². The number of likely N-dealkylation sites (N-methyl/N-ethyl adjacent to an activating group) is 1. The van der Waals surface area contributed by atoms with Crippen LogP contribution in [0.2, 0.25) is 0 Å². The molecule has 0 aromatic heterocycles. The topological polar surface area (TPSA) is 35.6 Å². The lowest BCUT2D eigenvalue weighted by molar-refractivity contribution is -0.143. The fourth-order valence-electron chi connectivity index (χ4n) is 5.36. The van der Waals surface area contributed by atoms with E-state index in [1.165, 1.54) is 19.3 Å². The number of nitrogens with zero attached hydrogens (tertiary/aromatic N) is 2. The minimum Gasteiger partial charge on any atom is -0.350 e. The summed E-state index contributed by atoms with van der Waals surface area (Å²) in [5, 5.41) is 2.59. The SMILES string of the molecule is CN(CCN1Cc2ccccc2C1C(=O)NCc1cc(C(F)(F)F)cc(C(F)(F)F)c1)C1CCCCC1. The van der Waals surface area contributed by atoms with E-state index >= 15 is 0 Å². The van der Waals surface area contributed by atoms with E-state index in [9.17, 15) is 31.1 Å². The smallest absolute Gasteiger partial charge is 0.350 e. The van der Waals surface area contributed by atoms with Crippen molar-refractivity contribution >= 4 is 5.91 Å². The van der Waals surface area contributed by atoms with Crippen LogP contribution in [0.25, 0.3) is 0 Å². The molecule has 4 rings (SSSR count). The highest BCUT2D eigenvalue weighted by molar-refractivity contribution is 5.84. The van der Waals surface area contributed by atoms with Crippen molar-refractivity contribution in [3.05, 3.63) is 70.3 Å². The van der Waals surface area contributed by atoms with Gasteiger partial charge in [-0.15, -0.1) is 0 Å². The van der Waals surface area contributed by atoms with Crippen LogP contribution in [0.3, 0.4) is 0 Å². The first-order valence-electron chi connectivity index (χ1n) is 12.5. The van der Waals surface area contributed by atoms with Crippen LogP contribution in [0.5, 0.6) is 0 Å². The third-order valence-corrected chi connectivity index (χ3v) is 7.39. The summed E-state index contributed by atoms with van der Waals surface area (Å²) in [6.45, 7) is 1.47. The lowest BCUT2D eigenvalue weighted by atomic mass is 9.94. The standard InChI is InChI=1S/C27H31F6N3O/c1-35(22-8-3-2-4-9-22)11-12-36-17-19-7-5-6-10-23(19)24(36)25(37)34-16-18-13-20(26(28,29)30)15-21(14-18)27(31,32)33/h5-7,10,13-15,22,24H,2-4,8-9,11-12,16-17H2,1H3,(H,34,37). The zero-order valence-corrected chi connectivity index (χ0v) is 20.6. The summed E-state index contributed by atoms with van der Waals surface area (Å²) in [7, 11) is 2.08. The van der Waals surface area contributed by atoms with Gasteiger partial charge in [0.1, 0.15) is 6.04 Å². The maximum absolute atomic E-state index is 13.3. The van der Waals surface area contributed by atoms with E-state index in [0.717, 1.165) is 30.5 Å². The predicted molar refractivity (Wildman–Crippen MR) is 127 cm³/mol. The van der Waals surface area contributed by atoms with Crippen molar-refractivity contribution in [1.29, 1.82) is 0 Å². The van der Waals surface area contributed by atoms with E-state index in [1.807, 2.05) is 29.2 Å². The number of fused-ring (bicyclic) bond motifs is 1. The van der Waals surface area contributed by atoms with Gasteiger partial charge in [0.15, 0.2) is 0 Å². The molecule has 2 aromatic rings. The van der Waals surface area contributed by atoms with Crippen molar-refractivity contribution in [2.24, 2.45) is 0 Å². The molecule has 1 N–H and O–H groups in total. The first-order chi connectivity index (χ1) is 17.4. The molecule has 10 heteroatoms. The zero-order valence-electron chi connectivity index (χ0n) is 20.6. The van der Waals surface area contributed by atoms with Gasteiger partial charge in [-0.05, 0) is 54.8 Å². The molecule has 0 spiro atoms. The van der Waals surface area contributed by atoms with Crippen molar-refractivity contribution in [1.82, 2.24) is 15.1 Å². The lowest BCUT2D eigenvalue weighted by Crippen LogP contribution is -2.42. The first-order valence-corrected chi connectivity index (χ1v) is 12.5. The van der Waals surface area contributed by atoms with Gasteiger partial charge in [-0.2, -0.15) is 26.3 Å². The average molecular weight is 528 g/mol. The number of hydrogen-bond donors (Lipinski definition) is 1. The quantitative estimate of drug-likeness (QED) is 0.438. The van der Waals surface area contributed by atoms with Gasteiger partial charge in [0.2, 0.25) is 5.91 Å². The Balaban J connectivity index is 1.48. The molecule has 1 unspecified atom stereocenters. The molecule has 1 amide bonds. The van der Waals surface area contributed by atoms with E-state index in [1.54, 1.807) is 0 Å². The number of rotatable bonds is 7. The Morgan fingerprint density at radius 1 is 0.973 bits per heavy atom. The Labute approximate surface area is 212 Å². The summed E-state index contributed by atoms with van der Waals surface area (Å²) in [5.74, 6) is -0.448. The van der Waals surface area contributed by atoms with Crippen LogP contribution < -0.4 is 5.32 Å². The van der Waals surface area contributed by atoms with Crippen LogP contribution in [0, 0.1) is 0 Å². The highest BCUT2D eigenvalue weighted by atomic mass is 19.4. The number of benzene rings is 2. The fourth-order valence-corrected chi connectivity index (χ4v) is 5.36. The number of halogens is 6. The molecule has 1 aliphatic carbocycles. The largest absolute Gasteiger partial charge is 0.416 e. The van der Waals surface area contributed by atoms with E-state index in [-0.39, 0.29) is 11.6 Å². The Bertz CT molecular complexity index is 1060. The van der Waals surface area contributed by atoms with Crippen molar-refractivity contribution < 1.29 is 31.1 Å². The summed E-state index contributed by atoms with van der Waals surface area (Å²) < 4.78 is 79.3. The van der Waals surface area contributed by atoms with Crippen molar-refractivity contribution in [3.63, 3.8) is 0 Å². The van der Waals surface area contributed by atoms with Gasteiger partial charge in [-0.3, -0.25) is 9.69 Å². The molecule has 37 heavy (non-hydrogen) atoms. The van der Waals surface area contributed by atoms with E-state index in [0.29, 0.717) is 31.3 Å². The monoisotopic (exact) mass is 527 g/mol. The molecule has 4 nitrogen and oxygen atoms in total. The maximum atomic E-state index is 13.3. The number of hydrogen-bond acceptors (Lipinski definition) is 3. The minimum atomic E-state index is -4.94. The highest BCUT2D eigenvalue weighted by Gasteiger charge is 2.38. The summed E-state index contributed by atoms with van der Waals surface area (Å²) in [5.41, 5.74) is -1.26. The third kappa shape index (κ3) is 6.65. The van der Waals surface area contributed by atoms with Crippen LogP contribution in [-0.4, -0.2) is 41.9 Å². The molecule has 0 radical (unpaired) electrons. The second-order valence-corrected chi connectivity index (χ2v) is 9.98. The van der Waals surface area contributed by atoms with Gasteiger partial charge in [0.05, 0.1) is 11.1 Å². The Hall–Kier alpha value is -2.59. The summed E-state index contributed by atoms with van der Waals surface area (Å²) in [4.78, 5) is 17.6. The van der Waals surface area contributed by atoms with Gasteiger partial charge in [0, 0.05) is 32.2 Å².